The molecule has 0 aliphatic rings. The molecule has 0 unspecified atom stereocenters. The second kappa shape index (κ2) is 4.70. The molecule has 0 atom stereocenters. The highest BCUT2D eigenvalue weighted by Crippen LogP contribution is 2.31. The van der Waals surface area contributed by atoms with E-state index in [2.05, 4.69) is 20.2 Å². The Balaban J connectivity index is 2.02. The summed E-state index contributed by atoms with van der Waals surface area (Å²) in [5.41, 5.74) is 1.70. The second-order valence-electron chi connectivity index (χ2n) is 5.01. The molecule has 0 bridgehead atoms. The van der Waals surface area contributed by atoms with Crippen molar-refractivity contribution < 1.29 is 9.72 Å². The summed E-state index contributed by atoms with van der Waals surface area (Å²) in [7, 11) is 1.63. The zero-order valence-electron chi connectivity index (χ0n) is 11.8. The van der Waals surface area contributed by atoms with Crippen molar-refractivity contribution in [3.05, 3.63) is 52.9 Å². The Hall–Kier alpha value is -3.15. The molecule has 0 aliphatic heterocycles. The van der Waals surface area contributed by atoms with Crippen LogP contribution in [0.1, 0.15) is 0 Å². The lowest BCUT2D eigenvalue weighted by atomic mass is 10.1. The SMILES string of the molecule is COc1cc2ccccc2cc1-c1[nH]c2cn[nH]c(=O)c2[nH+]1. The summed E-state index contributed by atoms with van der Waals surface area (Å²) in [6.07, 6.45) is 1.57. The van der Waals surface area contributed by atoms with Gasteiger partial charge < -0.3 is 4.74 Å². The van der Waals surface area contributed by atoms with E-state index in [4.69, 9.17) is 4.74 Å². The van der Waals surface area contributed by atoms with E-state index in [9.17, 15) is 4.79 Å². The third kappa shape index (κ3) is 1.85. The number of imidazole rings is 1. The Morgan fingerprint density at radius 3 is 2.68 bits per heavy atom. The first kappa shape index (κ1) is 12.6. The van der Waals surface area contributed by atoms with Crippen molar-refractivity contribution in [1.82, 2.24) is 15.2 Å². The first-order valence-electron chi connectivity index (χ1n) is 6.82. The molecule has 0 saturated heterocycles. The number of hydrogen-bond acceptors (Lipinski definition) is 3. The summed E-state index contributed by atoms with van der Waals surface area (Å²) in [4.78, 5) is 18.1. The van der Waals surface area contributed by atoms with Gasteiger partial charge in [-0.25, -0.2) is 15.1 Å². The van der Waals surface area contributed by atoms with Gasteiger partial charge in [-0.3, -0.25) is 4.79 Å². The summed E-state index contributed by atoms with van der Waals surface area (Å²) in [5.74, 6) is 1.43. The fourth-order valence-corrected chi connectivity index (χ4v) is 2.63. The van der Waals surface area contributed by atoms with Crippen molar-refractivity contribution in [2.24, 2.45) is 0 Å². The Labute approximate surface area is 124 Å². The fraction of sp³-hybridized carbons (Fsp3) is 0.0625. The van der Waals surface area contributed by atoms with Gasteiger partial charge in [0.05, 0.1) is 13.3 Å². The van der Waals surface area contributed by atoms with Crippen LogP contribution in [0, 0.1) is 0 Å². The number of hydrogen-bond donors (Lipinski definition) is 2. The van der Waals surface area contributed by atoms with E-state index in [0.717, 1.165) is 22.1 Å². The standard InChI is InChI=1S/C16H12N4O2/c1-22-13-7-10-5-3-2-4-9(10)6-11(13)15-18-12-8-17-20-16(21)14(12)19-15/h2-8H,1H3,(H,18,19)(H,20,21)/p+1. The first-order chi connectivity index (χ1) is 10.8. The number of benzene rings is 2. The highest BCUT2D eigenvalue weighted by atomic mass is 16.5. The average Bonchev–Trinajstić information content (AvgIpc) is 2.99. The van der Waals surface area contributed by atoms with Crippen molar-refractivity contribution in [3.63, 3.8) is 0 Å². The molecule has 0 aliphatic carbocycles. The van der Waals surface area contributed by atoms with Crippen LogP contribution in [0.4, 0.5) is 0 Å². The minimum atomic E-state index is -0.264. The minimum Gasteiger partial charge on any atom is -0.496 e. The third-order valence-electron chi connectivity index (χ3n) is 3.70. The van der Waals surface area contributed by atoms with Gasteiger partial charge in [0.25, 0.3) is 5.82 Å². The number of aromatic nitrogens is 4. The van der Waals surface area contributed by atoms with E-state index < -0.39 is 0 Å². The summed E-state index contributed by atoms with van der Waals surface area (Å²) >= 11 is 0. The van der Waals surface area contributed by atoms with Crippen molar-refractivity contribution in [2.75, 3.05) is 7.11 Å². The summed E-state index contributed by atoms with van der Waals surface area (Å²) in [6.45, 7) is 0. The molecular formula is C16H13N4O2+. The smallest absolute Gasteiger partial charge is 0.315 e. The van der Waals surface area contributed by atoms with Crippen LogP contribution in [0.25, 0.3) is 33.2 Å². The van der Waals surface area contributed by atoms with Gasteiger partial charge in [0.1, 0.15) is 11.3 Å². The van der Waals surface area contributed by atoms with Gasteiger partial charge in [-0.1, -0.05) is 24.3 Å². The molecule has 2 aromatic heterocycles. The number of rotatable bonds is 2. The molecule has 0 radical (unpaired) electrons. The zero-order chi connectivity index (χ0) is 15.1. The van der Waals surface area contributed by atoms with Crippen LogP contribution in [0.15, 0.2) is 47.4 Å². The first-order valence-corrected chi connectivity index (χ1v) is 6.82. The fourth-order valence-electron chi connectivity index (χ4n) is 2.63. The molecule has 0 amide bonds. The molecule has 108 valence electrons. The quantitative estimate of drug-likeness (QED) is 0.592. The topological polar surface area (TPSA) is 84.9 Å². The van der Waals surface area contributed by atoms with Crippen LogP contribution < -0.4 is 15.3 Å². The van der Waals surface area contributed by atoms with Gasteiger partial charge in [0.15, 0.2) is 5.52 Å². The molecule has 0 spiro atoms. The van der Waals surface area contributed by atoms with Crippen LogP contribution >= 0.6 is 0 Å². The van der Waals surface area contributed by atoms with Crippen molar-refractivity contribution in [3.8, 4) is 17.1 Å². The van der Waals surface area contributed by atoms with Gasteiger partial charge in [0.2, 0.25) is 5.52 Å². The van der Waals surface area contributed by atoms with E-state index in [1.54, 1.807) is 13.3 Å². The van der Waals surface area contributed by atoms with Crippen molar-refractivity contribution >= 4 is 21.8 Å². The minimum absolute atomic E-state index is 0.264. The molecule has 3 N–H and O–H groups in total. The van der Waals surface area contributed by atoms with Crippen LogP contribution in [0.2, 0.25) is 0 Å². The summed E-state index contributed by atoms with van der Waals surface area (Å²) in [6, 6.07) is 12.0. The molecule has 22 heavy (non-hydrogen) atoms. The third-order valence-corrected chi connectivity index (χ3v) is 3.70. The molecule has 4 rings (SSSR count). The average molecular weight is 293 g/mol. The maximum atomic E-state index is 11.8. The number of aromatic amines is 3. The predicted octanol–water partition coefficient (Wildman–Crippen LogP) is 1.89. The lowest BCUT2D eigenvalue weighted by Crippen LogP contribution is -2.15. The molecule has 6 heteroatoms. The van der Waals surface area contributed by atoms with Crippen molar-refractivity contribution in [1.29, 1.82) is 0 Å². The number of fused-ring (bicyclic) bond motifs is 2. The lowest BCUT2D eigenvalue weighted by molar-refractivity contribution is -0.331. The molecule has 2 aromatic carbocycles. The largest absolute Gasteiger partial charge is 0.496 e. The van der Waals surface area contributed by atoms with E-state index in [-0.39, 0.29) is 5.56 Å². The van der Waals surface area contributed by atoms with E-state index in [1.807, 2.05) is 36.4 Å². The van der Waals surface area contributed by atoms with Gasteiger partial charge >= 0.3 is 5.56 Å². The van der Waals surface area contributed by atoms with E-state index in [1.165, 1.54) is 0 Å². The molecule has 0 fully saturated rings. The molecular weight excluding hydrogens is 280 g/mol. The van der Waals surface area contributed by atoms with Gasteiger partial charge in [-0.05, 0) is 22.9 Å². The summed E-state index contributed by atoms with van der Waals surface area (Å²) < 4.78 is 5.49. The highest BCUT2D eigenvalue weighted by molar-refractivity contribution is 5.89. The zero-order valence-corrected chi connectivity index (χ0v) is 11.8. The number of nitrogens with one attached hydrogen (secondary N) is 3. The van der Waals surface area contributed by atoms with Crippen LogP contribution in [-0.2, 0) is 0 Å². The number of H-pyrrole nitrogens is 3. The Bertz CT molecular complexity index is 1050. The van der Waals surface area contributed by atoms with Gasteiger partial charge in [0, 0.05) is 0 Å². The van der Waals surface area contributed by atoms with Crippen LogP contribution in [0.3, 0.4) is 0 Å². The van der Waals surface area contributed by atoms with Gasteiger partial charge in [-0.2, -0.15) is 5.10 Å². The monoisotopic (exact) mass is 293 g/mol. The Morgan fingerprint density at radius 1 is 1.18 bits per heavy atom. The maximum Gasteiger partial charge on any atom is 0.315 e. The van der Waals surface area contributed by atoms with Gasteiger partial charge in [-0.15, -0.1) is 0 Å². The van der Waals surface area contributed by atoms with Crippen LogP contribution in [-0.4, -0.2) is 22.3 Å². The molecule has 0 saturated carbocycles. The number of nitrogens with zero attached hydrogens (tertiary/aromatic N) is 1. The van der Waals surface area contributed by atoms with E-state index >= 15 is 0 Å². The maximum absolute atomic E-state index is 11.8. The van der Waals surface area contributed by atoms with Crippen LogP contribution in [0.5, 0.6) is 5.75 Å². The Morgan fingerprint density at radius 2 is 1.95 bits per heavy atom. The second-order valence-corrected chi connectivity index (χ2v) is 5.01. The molecule has 6 nitrogen and oxygen atoms in total. The number of methoxy groups -OCH3 is 1. The highest BCUT2D eigenvalue weighted by Gasteiger charge is 2.19. The van der Waals surface area contributed by atoms with Crippen molar-refractivity contribution in [2.45, 2.75) is 0 Å². The Kier molecular flexibility index (Phi) is 2.69. The summed E-state index contributed by atoms with van der Waals surface area (Å²) in [5, 5.41) is 8.39. The molecule has 2 heterocycles. The van der Waals surface area contributed by atoms with E-state index in [0.29, 0.717) is 16.9 Å². The number of ether oxygens (including phenoxy) is 1. The lowest BCUT2D eigenvalue weighted by Gasteiger charge is -2.06. The molecule has 4 aromatic rings. The normalized spacial score (nSPS) is 11.1. The predicted molar refractivity (Wildman–Crippen MR) is 82.8 cm³/mol.